The molecule has 0 unspecified atom stereocenters. The van der Waals surface area contributed by atoms with E-state index in [0.29, 0.717) is 25.9 Å². The number of hydrogen-bond acceptors (Lipinski definition) is 3. The van der Waals surface area contributed by atoms with Crippen molar-refractivity contribution >= 4 is 17.7 Å². The van der Waals surface area contributed by atoms with Crippen molar-refractivity contribution in [3.05, 3.63) is 11.6 Å². The maximum absolute atomic E-state index is 11.2. The molecule has 0 radical (unpaired) electrons. The second-order valence-corrected chi connectivity index (χ2v) is 4.30. The second-order valence-electron chi connectivity index (χ2n) is 4.30. The van der Waals surface area contributed by atoms with Crippen molar-refractivity contribution in [3.63, 3.8) is 0 Å². The Kier molecular flexibility index (Phi) is 4.43. The van der Waals surface area contributed by atoms with E-state index in [-0.39, 0.29) is 23.1 Å². The van der Waals surface area contributed by atoms with Gasteiger partial charge in [0, 0.05) is 13.1 Å². The standard InChI is InChI=1S/C12H17NO4/c1-8(14)11(9(2)15)7-10-3-5-13(6-4-10)12(16)17/h7,10H,3-6H2,1-2H3,(H,16,17). The average Bonchev–Trinajstić information content (AvgIpc) is 2.25. The Morgan fingerprint density at radius 1 is 1.12 bits per heavy atom. The summed E-state index contributed by atoms with van der Waals surface area (Å²) in [4.78, 5) is 34.5. The van der Waals surface area contributed by atoms with E-state index >= 15 is 0 Å². The monoisotopic (exact) mass is 239 g/mol. The first kappa shape index (κ1) is 13.4. The van der Waals surface area contributed by atoms with Gasteiger partial charge < -0.3 is 10.0 Å². The molecule has 0 aliphatic carbocycles. The van der Waals surface area contributed by atoms with Gasteiger partial charge in [0.2, 0.25) is 0 Å². The van der Waals surface area contributed by atoms with Crippen molar-refractivity contribution in [2.75, 3.05) is 13.1 Å². The zero-order valence-corrected chi connectivity index (χ0v) is 10.1. The first-order valence-corrected chi connectivity index (χ1v) is 5.63. The van der Waals surface area contributed by atoms with E-state index in [2.05, 4.69) is 0 Å². The molecule has 0 saturated carbocycles. The van der Waals surface area contributed by atoms with Gasteiger partial charge in [-0.15, -0.1) is 0 Å². The molecule has 0 aromatic heterocycles. The van der Waals surface area contributed by atoms with Crippen molar-refractivity contribution in [2.45, 2.75) is 26.7 Å². The molecule has 1 aliphatic rings. The minimum absolute atomic E-state index is 0.119. The number of allylic oxidation sites excluding steroid dienone is 2. The van der Waals surface area contributed by atoms with E-state index in [1.165, 1.54) is 18.7 Å². The molecule has 17 heavy (non-hydrogen) atoms. The lowest BCUT2D eigenvalue weighted by atomic mass is 9.92. The van der Waals surface area contributed by atoms with Crippen LogP contribution >= 0.6 is 0 Å². The second kappa shape index (κ2) is 5.61. The fraction of sp³-hybridized carbons (Fsp3) is 0.583. The SMILES string of the molecule is CC(=O)C(=CC1CCN(C(=O)O)CC1)C(C)=O. The zero-order chi connectivity index (χ0) is 13.0. The van der Waals surface area contributed by atoms with E-state index in [0.717, 1.165) is 0 Å². The molecule has 1 N–H and O–H groups in total. The smallest absolute Gasteiger partial charge is 0.407 e. The minimum atomic E-state index is -0.911. The van der Waals surface area contributed by atoms with Crippen LogP contribution in [-0.2, 0) is 9.59 Å². The summed E-state index contributed by atoms with van der Waals surface area (Å²) in [6, 6.07) is 0. The molecule has 1 amide bonds. The van der Waals surface area contributed by atoms with E-state index in [1.54, 1.807) is 6.08 Å². The molecular weight excluding hydrogens is 222 g/mol. The third-order valence-corrected chi connectivity index (χ3v) is 2.97. The van der Waals surface area contributed by atoms with Gasteiger partial charge >= 0.3 is 6.09 Å². The fourth-order valence-electron chi connectivity index (χ4n) is 1.98. The van der Waals surface area contributed by atoms with Crippen molar-refractivity contribution in [2.24, 2.45) is 5.92 Å². The fourth-order valence-corrected chi connectivity index (χ4v) is 1.98. The summed E-state index contributed by atoms with van der Waals surface area (Å²) in [6.07, 6.45) is 2.11. The third-order valence-electron chi connectivity index (χ3n) is 2.97. The summed E-state index contributed by atoms with van der Waals surface area (Å²) < 4.78 is 0. The molecule has 0 aromatic carbocycles. The summed E-state index contributed by atoms with van der Waals surface area (Å²) in [5, 5.41) is 8.79. The van der Waals surface area contributed by atoms with Gasteiger partial charge in [0.15, 0.2) is 11.6 Å². The van der Waals surface area contributed by atoms with E-state index < -0.39 is 6.09 Å². The van der Waals surface area contributed by atoms with Crippen molar-refractivity contribution in [1.82, 2.24) is 4.90 Å². The first-order valence-electron chi connectivity index (χ1n) is 5.63. The molecule has 0 aromatic rings. The predicted molar refractivity (Wildman–Crippen MR) is 61.8 cm³/mol. The average molecular weight is 239 g/mol. The highest BCUT2D eigenvalue weighted by molar-refractivity contribution is 6.18. The summed E-state index contributed by atoms with van der Waals surface area (Å²) in [7, 11) is 0. The number of nitrogens with zero attached hydrogens (tertiary/aromatic N) is 1. The Balaban J connectivity index is 2.65. The number of rotatable bonds is 3. The normalized spacial score (nSPS) is 16.5. The summed E-state index contributed by atoms with van der Waals surface area (Å²) >= 11 is 0. The highest BCUT2D eigenvalue weighted by Crippen LogP contribution is 2.20. The number of likely N-dealkylation sites (tertiary alicyclic amines) is 1. The topological polar surface area (TPSA) is 74.7 Å². The number of amides is 1. The van der Waals surface area contributed by atoms with Crippen LogP contribution in [-0.4, -0.2) is 40.8 Å². The van der Waals surface area contributed by atoms with Crippen molar-refractivity contribution < 1.29 is 19.5 Å². The lowest BCUT2D eigenvalue weighted by Crippen LogP contribution is -2.37. The molecule has 5 heteroatoms. The molecule has 0 atom stereocenters. The van der Waals surface area contributed by atoms with Gasteiger partial charge in [0.1, 0.15) is 0 Å². The number of carbonyl (C=O) groups excluding carboxylic acids is 2. The van der Waals surface area contributed by atoms with Crippen LogP contribution in [0.1, 0.15) is 26.7 Å². The molecule has 1 saturated heterocycles. The number of carbonyl (C=O) groups is 3. The Bertz CT molecular complexity index is 349. The Morgan fingerprint density at radius 2 is 1.59 bits per heavy atom. The quantitative estimate of drug-likeness (QED) is 0.460. The van der Waals surface area contributed by atoms with Crippen LogP contribution < -0.4 is 0 Å². The predicted octanol–water partition coefficient (Wildman–Crippen LogP) is 1.48. The summed E-state index contributed by atoms with van der Waals surface area (Å²) in [5.41, 5.74) is 0.235. The Morgan fingerprint density at radius 3 is 1.94 bits per heavy atom. The molecule has 5 nitrogen and oxygen atoms in total. The number of ketones is 2. The van der Waals surface area contributed by atoms with Crippen LogP contribution in [0.4, 0.5) is 4.79 Å². The lowest BCUT2D eigenvalue weighted by Gasteiger charge is -2.28. The number of carboxylic acid groups (broad SMARTS) is 1. The number of Topliss-reactive ketones (excluding diaryl/α,β-unsaturated/α-hetero) is 2. The van der Waals surface area contributed by atoms with Gasteiger partial charge in [-0.3, -0.25) is 9.59 Å². The minimum Gasteiger partial charge on any atom is -0.465 e. The van der Waals surface area contributed by atoms with Gasteiger partial charge in [0.05, 0.1) is 5.57 Å². The molecule has 94 valence electrons. The summed E-state index contributed by atoms with van der Waals surface area (Å²) in [5.74, 6) is -0.329. The molecule has 1 heterocycles. The molecule has 0 bridgehead atoms. The van der Waals surface area contributed by atoms with Gasteiger partial charge in [0.25, 0.3) is 0 Å². The molecular formula is C12H17NO4. The highest BCUT2D eigenvalue weighted by atomic mass is 16.4. The molecule has 0 spiro atoms. The first-order chi connectivity index (χ1) is 7.91. The number of hydrogen-bond donors (Lipinski definition) is 1. The van der Waals surface area contributed by atoms with E-state index in [9.17, 15) is 14.4 Å². The van der Waals surface area contributed by atoms with Gasteiger partial charge in [-0.05, 0) is 32.6 Å². The highest BCUT2D eigenvalue weighted by Gasteiger charge is 2.22. The maximum atomic E-state index is 11.2. The van der Waals surface area contributed by atoms with Crippen LogP contribution in [0.25, 0.3) is 0 Å². The van der Waals surface area contributed by atoms with Crippen LogP contribution in [0.15, 0.2) is 11.6 Å². The summed E-state index contributed by atoms with van der Waals surface area (Å²) in [6.45, 7) is 3.67. The Labute approximate surface area is 100 Å². The van der Waals surface area contributed by atoms with Crippen molar-refractivity contribution in [1.29, 1.82) is 0 Å². The van der Waals surface area contributed by atoms with Gasteiger partial charge in [-0.25, -0.2) is 4.79 Å². The van der Waals surface area contributed by atoms with Crippen LogP contribution in [0.2, 0.25) is 0 Å². The molecule has 1 aliphatic heterocycles. The van der Waals surface area contributed by atoms with E-state index in [1.807, 2.05) is 0 Å². The van der Waals surface area contributed by atoms with Crippen LogP contribution in [0.3, 0.4) is 0 Å². The molecule has 1 fully saturated rings. The largest absolute Gasteiger partial charge is 0.465 e. The lowest BCUT2D eigenvalue weighted by molar-refractivity contribution is -0.119. The Hall–Kier alpha value is -1.65. The van der Waals surface area contributed by atoms with Crippen LogP contribution in [0, 0.1) is 5.92 Å². The van der Waals surface area contributed by atoms with Crippen LogP contribution in [0.5, 0.6) is 0 Å². The number of piperidine rings is 1. The van der Waals surface area contributed by atoms with E-state index in [4.69, 9.17) is 5.11 Å². The van der Waals surface area contributed by atoms with Gasteiger partial charge in [-0.1, -0.05) is 6.08 Å². The zero-order valence-electron chi connectivity index (χ0n) is 10.1. The maximum Gasteiger partial charge on any atom is 0.407 e. The van der Waals surface area contributed by atoms with Crippen molar-refractivity contribution in [3.8, 4) is 0 Å². The van der Waals surface area contributed by atoms with Gasteiger partial charge in [-0.2, -0.15) is 0 Å². The third kappa shape index (κ3) is 3.69. The molecule has 1 rings (SSSR count).